The summed E-state index contributed by atoms with van der Waals surface area (Å²) in [4.78, 5) is 21.1. The van der Waals surface area contributed by atoms with Crippen LogP contribution >= 0.6 is 0 Å². The van der Waals surface area contributed by atoms with Gasteiger partial charge in [0.25, 0.3) is 6.47 Å². The van der Waals surface area contributed by atoms with Crippen LogP contribution in [0.25, 0.3) is 0 Å². The first-order valence-corrected chi connectivity index (χ1v) is 4.69. The Morgan fingerprint density at radius 1 is 1.29 bits per heavy atom. The third kappa shape index (κ3) is 3.67. The lowest BCUT2D eigenvalue weighted by molar-refractivity contribution is -0.143. The third-order valence-corrected chi connectivity index (χ3v) is 1.89. The van der Waals surface area contributed by atoms with Gasteiger partial charge in [0.15, 0.2) is 18.1 Å². The number of hydrogen-bond acceptors (Lipinski definition) is 6. The molecule has 92 valence electrons. The van der Waals surface area contributed by atoms with E-state index in [0.717, 1.165) is 0 Å². The molecular weight excluding hydrogens is 228 g/mol. The second-order valence-corrected chi connectivity index (χ2v) is 2.89. The Morgan fingerprint density at radius 3 is 2.65 bits per heavy atom. The van der Waals surface area contributed by atoms with Crippen LogP contribution in [-0.4, -0.2) is 33.3 Å². The van der Waals surface area contributed by atoms with E-state index in [4.69, 9.17) is 9.47 Å². The maximum absolute atomic E-state index is 10.9. The van der Waals surface area contributed by atoms with Gasteiger partial charge in [0.1, 0.15) is 5.75 Å². The molecule has 6 heteroatoms. The summed E-state index contributed by atoms with van der Waals surface area (Å²) in [6.07, 6.45) is 0. The number of rotatable bonds is 6. The van der Waals surface area contributed by atoms with Crippen LogP contribution in [0.1, 0.15) is 0 Å². The van der Waals surface area contributed by atoms with Crippen molar-refractivity contribution < 1.29 is 28.5 Å². The van der Waals surface area contributed by atoms with Crippen molar-refractivity contribution in [3.63, 3.8) is 0 Å². The molecule has 1 rings (SSSR count). The highest BCUT2D eigenvalue weighted by Gasteiger charge is 2.09. The molecule has 17 heavy (non-hydrogen) atoms. The molecule has 0 spiro atoms. The molecule has 0 saturated carbocycles. The van der Waals surface area contributed by atoms with Crippen molar-refractivity contribution in [3.05, 3.63) is 18.2 Å². The summed E-state index contributed by atoms with van der Waals surface area (Å²) in [5.41, 5.74) is 0. The lowest BCUT2D eigenvalue weighted by Crippen LogP contribution is -2.13. The second-order valence-electron chi connectivity index (χ2n) is 2.89. The number of hydrogen-bond donors (Lipinski definition) is 0. The summed E-state index contributed by atoms with van der Waals surface area (Å²) < 4.78 is 19.3. The maximum Gasteiger partial charge on any atom is 0.343 e. The van der Waals surface area contributed by atoms with Crippen molar-refractivity contribution >= 4 is 12.4 Å². The third-order valence-electron chi connectivity index (χ3n) is 1.89. The minimum atomic E-state index is -0.520. The van der Waals surface area contributed by atoms with Crippen molar-refractivity contribution in [3.8, 4) is 17.2 Å². The first-order valence-electron chi connectivity index (χ1n) is 4.69. The number of carbonyl (C=O) groups is 2. The number of methoxy groups -OCH3 is 2. The molecule has 0 unspecified atom stereocenters. The molecule has 6 nitrogen and oxygen atoms in total. The van der Waals surface area contributed by atoms with Crippen LogP contribution in [0.3, 0.4) is 0 Å². The van der Waals surface area contributed by atoms with Crippen LogP contribution < -0.4 is 14.2 Å². The lowest BCUT2D eigenvalue weighted by Gasteiger charge is -2.10. The molecule has 0 N–H and O–H groups in total. The largest absolute Gasteiger partial charge is 0.493 e. The van der Waals surface area contributed by atoms with Gasteiger partial charge in [-0.3, -0.25) is 4.79 Å². The van der Waals surface area contributed by atoms with Gasteiger partial charge in [-0.05, 0) is 12.1 Å². The van der Waals surface area contributed by atoms with E-state index >= 15 is 0 Å². The molecule has 1 aromatic carbocycles. The van der Waals surface area contributed by atoms with E-state index in [1.165, 1.54) is 26.4 Å². The van der Waals surface area contributed by atoms with E-state index in [0.29, 0.717) is 18.0 Å². The van der Waals surface area contributed by atoms with E-state index in [-0.39, 0.29) is 12.4 Å². The Balaban J connectivity index is 2.81. The number of ether oxygens (including phenoxy) is 4. The van der Waals surface area contributed by atoms with E-state index in [9.17, 15) is 9.59 Å². The molecule has 0 aliphatic carbocycles. The monoisotopic (exact) mass is 240 g/mol. The molecule has 0 heterocycles. The van der Waals surface area contributed by atoms with Crippen LogP contribution in [0.4, 0.5) is 0 Å². The fourth-order valence-corrected chi connectivity index (χ4v) is 1.09. The molecular formula is C11H12O6. The van der Waals surface area contributed by atoms with Crippen LogP contribution in [-0.2, 0) is 14.3 Å². The van der Waals surface area contributed by atoms with Crippen molar-refractivity contribution in [2.45, 2.75) is 0 Å². The quantitative estimate of drug-likeness (QED) is 0.540. The van der Waals surface area contributed by atoms with Crippen LogP contribution in [0.15, 0.2) is 18.2 Å². The molecule has 0 aliphatic rings. The average molecular weight is 240 g/mol. The van der Waals surface area contributed by atoms with Gasteiger partial charge in [-0.1, -0.05) is 0 Å². The summed E-state index contributed by atoms with van der Waals surface area (Å²) in [6, 6.07) is 4.54. The molecule has 0 atom stereocenters. The predicted octanol–water partition coefficient (Wildman–Crippen LogP) is 0.782. The van der Waals surface area contributed by atoms with E-state index in [2.05, 4.69) is 9.47 Å². The highest BCUT2D eigenvalue weighted by Crippen LogP contribution is 2.31. The molecule has 0 bridgehead atoms. The SMILES string of the molecule is COC(=O)COc1cc(OC=O)ccc1OC. The highest BCUT2D eigenvalue weighted by atomic mass is 16.6. The average Bonchev–Trinajstić information content (AvgIpc) is 2.36. The van der Waals surface area contributed by atoms with Gasteiger partial charge in [0, 0.05) is 6.07 Å². The van der Waals surface area contributed by atoms with Crippen molar-refractivity contribution in [2.24, 2.45) is 0 Å². The summed E-state index contributed by atoms with van der Waals surface area (Å²) in [6.45, 7) is 0.0449. The fourth-order valence-electron chi connectivity index (χ4n) is 1.09. The Kier molecular flexibility index (Phi) is 4.80. The number of esters is 1. The Labute approximate surface area is 98.0 Å². The molecule has 0 aliphatic heterocycles. The van der Waals surface area contributed by atoms with Crippen molar-refractivity contribution in [1.82, 2.24) is 0 Å². The topological polar surface area (TPSA) is 71.1 Å². The predicted molar refractivity (Wildman–Crippen MR) is 57.2 cm³/mol. The van der Waals surface area contributed by atoms with Gasteiger partial charge in [0.05, 0.1) is 14.2 Å². The second kappa shape index (κ2) is 6.37. The first-order chi connectivity index (χ1) is 8.21. The summed E-state index contributed by atoms with van der Waals surface area (Å²) >= 11 is 0. The Bertz CT molecular complexity index is 401. The van der Waals surface area contributed by atoms with Gasteiger partial charge in [-0.15, -0.1) is 0 Å². The van der Waals surface area contributed by atoms with E-state index < -0.39 is 5.97 Å². The van der Waals surface area contributed by atoms with Crippen LogP contribution in [0.2, 0.25) is 0 Å². The fraction of sp³-hybridized carbons (Fsp3) is 0.273. The summed E-state index contributed by atoms with van der Waals surface area (Å²) in [7, 11) is 2.72. The molecule has 0 fully saturated rings. The molecule has 0 radical (unpaired) electrons. The normalized spacial score (nSPS) is 9.29. The summed E-state index contributed by atoms with van der Waals surface area (Å²) in [5, 5.41) is 0. The molecule has 0 aromatic heterocycles. The van der Waals surface area contributed by atoms with Gasteiger partial charge in [-0.2, -0.15) is 0 Å². The van der Waals surface area contributed by atoms with Crippen LogP contribution in [0.5, 0.6) is 17.2 Å². The lowest BCUT2D eigenvalue weighted by atomic mass is 10.3. The zero-order chi connectivity index (χ0) is 12.7. The maximum atomic E-state index is 10.9. The summed E-state index contributed by atoms with van der Waals surface area (Å²) in [5.74, 6) is 0.485. The molecule has 0 amide bonds. The van der Waals surface area contributed by atoms with Gasteiger partial charge >= 0.3 is 5.97 Å². The highest BCUT2D eigenvalue weighted by molar-refractivity contribution is 5.71. The molecule has 0 saturated heterocycles. The van der Waals surface area contributed by atoms with Crippen molar-refractivity contribution in [2.75, 3.05) is 20.8 Å². The zero-order valence-corrected chi connectivity index (χ0v) is 9.47. The minimum Gasteiger partial charge on any atom is -0.493 e. The van der Waals surface area contributed by atoms with E-state index in [1.807, 2.05) is 0 Å². The van der Waals surface area contributed by atoms with Gasteiger partial charge in [0.2, 0.25) is 0 Å². The Morgan fingerprint density at radius 2 is 2.06 bits per heavy atom. The number of carbonyl (C=O) groups excluding carboxylic acids is 2. The van der Waals surface area contributed by atoms with E-state index in [1.54, 1.807) is 6.07 Å². The minimum absolute atomic E-state index is 0.253. The van der Waals surface area contributed by atoms with Crippen LogP contribution in [0, 0.1) is 0 Å². The smallest absolute Gasteiger partial charge is 0.343 e. The zero-order valence-electron chi connectivity index (χ0n) is 9.47. The van der Waals surface area contributed by atoms with Gasteiger partial charge in [-0.25, -0.2) is 4.79 Å². The van der Waals surface area contributed by atoms with Gasteiger partial charge < -0.3 is 18.9 Å². The standard InChI is InChI=1S/C11H12O6/c1-14-9-4-3-8(17-7-12)5-10(9)16-6-11(13)15-2/h3-5,7H,6H2,1-2H3. The number of benzene rings is 1. The molecule has 1 aromatic rings. The first kappa shape index (κ1) is 12.8. The Hall–Kier alpha value is -2.24. The van der Waals surface area contributed by atoms with Crippen molar-refractivity contribution in [1.29, 1.82) is 0 Å².